The average Bonchev–Trinajstić information content (AvgIpc) is 2.17. The molecule has 0 aliphatic carbocycles. The molecule has 3 nitrogen and oxygen atoms in total. The van der Waals surface area contributed by atoms with Crippen LogP contribution >= 0.6 is 0 Å². The summed E-state index contributed by atoms with van der Waals surface area (Å²) in [5, 5.41) is 0.946. The van der Waals surface area contributed by atoms with Crippen molar-refractivity contribution in [3.8, 4) is 5.75 Å². The summed E-state index contributed by atoms with van der Waals surface area (Å²) < 4.78 is 27.9. The van der Waals surface area contributed by atoms with Crippen LogP contribution in [0.1, 0.15) is 5.56 Å². The zero-order chi connectivity index (χ0) is 10.8. The van der Waals surface area contributed by atoms with Crippen molar-refractivity contribution in [3.63, 3.8) is 0 Å². The van der Waals surface area contributed by atoms with Crippen molar-refractivity contribution in [2.45, 2.75) is 11.8 Å². The Morgan fingerprint density at radius 1 is 1.43 bits per heavy atom. The van der Waals surface area contributed by atoms with Crippen molar-refractivity contribution < 1.29 is 13.2 Å². The predicted octanol–water partition coefficient (Wildman–Crippen LogP) is 1.92. The minimum absolute atomic E-state index is 0.272. The maximum absolute atomic E-state index is 11.5. The maximum atomic E-state index is 11.5. The molecule has 1 aromatic carbocycles. The van der Waals surface area contributed by atoms with E-state index in [9.17, 15) is 8.42 Å². The van der Waals surface area contributed by atoms with Crippen molar-refractivity contribution in [1.82, 2.24) is 0 Å². The van der Waals surface area contributed by atoms with Crippen LogP contribution in [0.3, 0.4) is 0 Å². The number of ether oxygens (including phenoxy) is 1. The van der Waals surface area contributed by atoms with Gasteiger partial charge in [0.25, 0.3) is 0 Å². The number of rotatable bonds is 3. The van der Waals surface area contributed by atoms with Gasteiger partial charge in [0.15, 0.2) is 9.84 Å². The first-order valence-electron chi connectivity index (χ1n) is 4.03. The van der Waals surface area contributed by atoms with E-state index < -0.39 is 9.84 Å². The van der Waals surface area contributed by atoms with Crippen molar-refractivity contribution >= 4 is 9.84 Å². The van der Waals surface area contributed by atoms with E-state index in [0.717, 1.165) is 5.41 Å². The first-order chi connectivity index (χ1) is 6.51. The molecular weight excluding hydrogens is 200 g/mol. The van der Waals surface area contributed by atoms with Crippen LogP contribution in [-0.2, 0) is 9.84 Å². The quantitative estimate of drug-likeness (QED) is 0.768. The number of methoxy groups -OCH3 is 1. The van der Waals surface area contributed by atoms with Gasteiger partial charge < -0.3 is 4.74 Å². The molecular formula is C10H12O3S. The Labute approximate surface area is 83.9 Å². The molecule has 0 amide bonds. The van der Waals surface area contributed by atoms with Gasteiger partial charge in [-0.05, 0) is 30.7 Å². The van der Waals surface area contributed by atoms with Gasteiger partial charge in [-0.3, -0.25) is 0 Å². The highest BCUT2D eigenvalue weighted by Gasteiger charge is 2.12. The highest BCUT2D eigenvalue weighted by Crippen LogP contribution is 2.21. The summed E-state index contributed by atoms with van der Waals surface area (Å²) in [6, 6.07) is 4.81. The van der Waals surface area contributed by atoms with Crippen LogP contribution in [0.5, 0.6) is 5.75 Å². The lowest BCUT2D eigenvalue weighted by atomic mass is 10.2. The van der Waals surface area contributed by atoms with Gasteiger partial charge in [-0.15, -0.1) is 0 Å². The summed E-state index contributed by atoms with van der Waals surface area (Å²) in [7, 11) is -1.81. The van der Waals surface area contributed by atoms with Gasteiger partial charge in [-0.1, -0.05) is 6.58 Å². The fraction of sp³-hybridized carbons (Fsp3) is 0.200. The van der Waals surface area contributed by atoms with E-state index in [4.69, 9.17) is 4.74 Å². The molecule has 0 radical (unpaired) electrons. The second-order valence-corrected chi connectivity index (χ2v) is 4.71. The molecule has 1 aromatic rings. The molecule has 0 aliphatic heterocycles. The number of hydrogen-bond donors (Lipinski definition) is 0. The molecule has 0 atom stereocenters. The highest BCUT2D eigenvalue weighted by atomic mass is 32.2. The third-order valence-electron chi connectivity index (χ3n) is 1.91. The van der Waals surface area contributed by atoms with Gasteiger partial charge in [0.1, 0.15) is 5.75 Å². The summed E-state index contributed by atoms with van der Waals surface area (Å²) in [5.41, 5.74) is 0.657. The molecule has 0 heterocycles. The molecule has 0 aromatic heterocycles. The smallest absolute Gasteiger partial charge is 0.199 e. The molecule has 0 spiro atoms. The lowest BCUT2D eigenvalue weighted by Gasteiger charge is -2.05. The number of sulfone groups is 1. The number of benzene rings is 1. The van der Waals surface area contributed by atoms with E-state index in [-0.39, 0.29) is 4.90 Å². The Morgan fingerprint density at radius 2 is 2.07 bits per heavy atom. The fourth-order valence-corrected chi connectivity index (χ4v) is 2.10. The Bertz CT molecular complexity index is 446. The van der Waals surface area contributed by atoms with Crippen LogP contribution in [0, 0.1) is 6.92 Å². The lowest BCUT2D eigenvalue weighted by molar-refractivity contribution is 0.414. The van der Waals surface area contributed by atoms with Gasteiger partial charge in [0.2, 0.25) is 0 Å². The topological polar surface area (TPSA) is 43.4 Å². The molecule has 0 fully saturated rings. The Kier molecular flexibility index (Phi) is 2.96. The summed E-state index contributed by atoms with van der Waals surface area (Å²) in [6.07, 6.45) is 0. The lowest BCUT2D eigenvalue weighted by Crippen LogP contribution is -1.98. The molecule has 0 bridgehead atoms. The normalized spacial score (nSPS) is 11.0. The molecule has 0 saturated carbocycles. The minimum Gasteiger partial charge on any atom is -0.497 e. The van der Waals surface area contributed by atoms with E-state index in [2.05, 4.69) is 6.58 Å². The largest absolute Gasteiger partial charge is 0.497 e. The minimum atomic E-state index is -3.35. The number of hydrogen-bond acceptors (Lipinski definition) is 3. The monoisotopic (exact) mass is 212 g/mol. The van der Waals surface area contributed by atoms with Crippen LogP contribution in [0.15, 0.2) is 35.1 Å². The van der Waals surface area contributed by atoms with E-state index >= 15 is 0 Å². The highest BCUT2D eigenvalue weighted by molar-refractivity contribution is 7.94. The summed E-state index contributed by atoms with van der Waals surface area (Å²) in [6.45, 7) is 4.99. The van der Waals surface area contributed by atoms with E-state index in [0.29, 0.717) is 11.3 Å². The molecule has 76 valence electrons. The van der Waals surface area contributed by atoms with Crippen molar-refractivity contribution in [3.05, 3.63) is 35.7 Å². The van der Waals surface area contributed by atoms with E-state index in [1.807, 2.05) is 0 Å². The molecule has 0 aliphatic rings. The first-order valence-corrected chi connectivity index (χ1v) is 5.58. The SMILES string of the molecule is C=CS(=O)(=O)c1ccc(OC)cc1C. The van der Waals surface area contributed by atoms with Crippen LogP contribution in [0.2, 0.25) is 0 Å². The van der Waals surface area contributed by atoms with Gasteiger partial charge in [-0.25, -0.2) is 8.42 Å². The maximum Gasteiger partial charge on any atom is 0.199 e. The van der Waals surface area contributed by atoms with Crippen molar-refractivity contribution in [1.29, 1.82) is 0 Å². The second-order valence-electron chi connectivity index (χ2n) is 2.84. The molecule has 1 rings (SSSR count). The predicted molar refractivity (Wildman–Crippen MR) is 55.1 cm³/mol. The second kappa shape index (κ2) is 3.84. The molecule has 14 heavy (non-hydrogen) atoms. The van der Waals surface area contributed by atoms with Gasteiger partial charge in [0, 0.05) is 5.41 Å². The van der Waals surface area contributed by atoms with Gasteiger partial charge in [-0.2, -0.15) is 0 Å². The zero-order valence-corrected chi connectivity index (χ0v) is 8.97. The molecule has 0 N–H and O–H groups in total. The first kappa shape index (κ1) is 10.8. The third kappa shape index (κ3) is 1.96. The van der Waals surface area contributed by atoms with Gasteiger partial charge >= 0.3 is 0 Å². The van der Waals surface area contributed by atoms with Crippen molar-refractivity contribution in [2.75, 3.05) is 7.11 Å². The van der Waals surface area contributed by atoms with Gasteiger partial charge in [0.05, 0.1) is 12.0 Å². The van der Waals surface area contributed by atoms with Crippen LogP contribution < -0.4 is 4.74 Å². The molecule has 0 unspecified atom stereocenters. The Morgan fingerprint density at radius 3 is 2.50 bits per heavy atom. The van der Waals surface area contributed by atoms with E-state index in [1.54, 1.807) is 19.1 Å². The summed E-state index contributed by atoms with van der Waals surface area (Å²) in [4.78, 5) is 0.272. The molecule has 0 saturated heterocycles. The van der Waals surface area contributed by atoms with Crippen LogP contribution in [0.4, 0.5) is 0 Å². The Hall–Kier alpha value is -1.29. The third-order valence-corrected chi connectivity index (χ3v) is 3.42. The average molecular weight is 212 g/mol. The van der Waals surface area contributed by atoms with Crippen molar-refractivity contribution in [2.24, 2.45) is 0 Å². The van der Waals surface area contributed by atoms with Crippen LogP contribution in [0.25, 0.3) is 0 Å². The zero-order valence-electron chi connectivity index (χ0n) is 8.15. The molecule has 4 heteroatoms. The number of aryl methyl sites for hydroxylation is 1. The Balaban J connectivity index is 3.33. The van der Waals surface area contributed by atoms with E-state index in [1.165, 1.54) is 13.2 Å². The van der Waals surface area contributed by atoms with Crippen LogP contribution in [-0.4, -0.2) is 15.5 Å². The summed E-state index contributed by atoms with van der Waals surface area (Å²) in [5.74, 6) is 0.644. The fourth-order valence-electron chi connectivity index (χ4n) is 1.16. The standard InChI is InChI=1S/C10H12O3S/c1-4-14(11,12)10-6-5-9(13-3)7-8(10)2/h4-7H,1H2,2-3H3. The summed E-state index contributed by atoms with van der Waals surface area (Å²) >= 11 is 0.